The van der Waals surface area contributed by atoms with Crippen LogP contribution in [0.1, 0.15) is 29.9 Å². The van der Waals surface area contributed by atoms with E-state index in [1.165, 1.54) is 45.4 Å². The van der Waals surface area contributed by atoms with Crippen LogP contribution in [0.3, 0.4) is 0 Å². The van der Waals surface area contributed by atoms with Crippen molar-refractivity contribution in [2.24, 2.45) is 10.7 Å². The number of methoxy groups -OCH3 is 1. The Balaban J connectivity index is 1.98. The molecule has 1 aromatic carbocycles. The molecule has 1 aliphatic rings. The summed E-state index contributed by atoms with van der Waals surface area (Å²) in [6, 6.07) is 6.55. The summed E-state index contributed by atoms with van der Waals surface area (Å²) >= 11 is 0. The van der Waals surface area contributed by atoms with Crippen LogP contribution in [0.25, 0.3) is 0 Å². The largest absolute Gasteiger partial charge is 0.495 e. The Hall–Kier alpha value is -2.76. The fourth-order valence-electron chi connectivity index (χ4n) is 3.15. The van der Waals surface area contributed by atoms with E-state index in [4.69, 9.17) is 10.5 Å². The van der Waals surface area contributed by atoms with Crippen molar-refractivity contribution >= 4 is 28.0 Å². The van der Waals surface area contributed by atoms with Gasteiger partial charge in [-0.05, 0) is 44.2 Å². The third kappa shape index (κ3) is 4.08. The number of alkyl halides is 1. The quantitative estimate of drug-likeness (QED) is 0.547. The summed E-state index contributed by atoms with van der Waals surface area (Å²) in [5.41, 5.74) is 3.99. The molecule has 0 spiro atoms. The maximum Gasteiger partial charge on any atom is 0.274 e. The van der Waals surface area contributed by atoms with E-state index in [-0.39, 0.29) is 22.8 Å². The van der Waals surface area contributed by atoms with Gasteiger partial charge in [-0.3, -0.25) is 18.9 Å². The zero-order valence-corrected chi connectivity index (χ0v) is 18.0. The molecular formula is C20H24F2N4O4S. The number of rotatable bonds is 5. The number of hydrogen-bond donors (Lipinski definition) is 4. The molecule has 0 saturated carbocycles. The molecule has 1 amide bonds. The monoisotopic (exact) mass is 454 g/mol. The first-order valence-electron chi connectivity index (χ1n) is 9.24. The molecule has 0 saturated heterocycles. The topological polar surface area (TPSA) is 130 Å². The number of carbonyl (C=O) groups excluding carboxylic acids is 1. The highest BCUT2D eigenvalue weighted by molar-refractivity contribution is 8.26. The van der Waals surface area contributed by atoms with E-state index < -0.39 is 45.0 Å². The number of benzene rings is 1. The fraction of sp³-hybridized carbons (Fsp3) is 0.350. The van der Waals surface area contributed by atoms with Crippen LogP contribution in [0.4, 0.5) is 14.5 Å². The van der Waals surface area contributed by atoms with Gasteiger partial charge in [0.05, 0.1) is 19.1 Å². The highest BCUT2D eigenvalue weighted by Crippen LogP contribution is 2.59. The second-order valence-corrected chi connectivity index (χ2v) is 10.4. The van der Waals surface area contributed by atoms with Crippen molar-refractivity contribution < 1.29 is 27.4 Å². The second kappa shape index (κ2) is 8.06. The Morgan fingerprint density at radius 2 is 2.03 bits per heavy atom. The van der Waals surface area contributed by atoms with Crippen molar-refractivity contribution in [3.8, 4) is 5.75 Å². The normalized spacial score (nSPS) is 22.9. The number of carbonyl (C=O) groups is 1. The first-order chi connectivity index (χ1) is 14.5. The van der Waals surface area contributed by atoms with Crippen LogP contribution in [-0.4, -0.2) is 50.1 Å². The van der Waals surface area contributed by atoms with Crippen molar-refractivity contribution in [3.05, 3.63) is 53.6 Å². The molecule has 0 radical (unpaired) electrons. The second-order valence-electron chi connectivity index (χ2n) is 7.72. The lowest BCUT2D eigenvalue weighted by molar-refractivity contribution is 0.102. The highest BCUT2D eigenvalue weighted by atomic mass is 32.3. The van der Waals surface area contributed by atoms with Gasteiger partial charge in [0.1, 0.15) is 40.1 Å². The molecular weight excluding hydrogens is 430 g/mol. The number of halogens is 2. The van der Waals surface area contributed by atoms with Gasteiger partial charge in [0.25, 0.3) is 5.91 Å². The van der Waals surface area contributed by atoms with E-state index in [1.54, 1.807) is 6.07 Å². The summed E-state index contributed by atoms with van der Waals surface area (Å²) < 4.78 is 53.9. The van der Waals surface area contributed by atoms with Gasteiger partial charge < -0.3 is 15.8 Å². The molecule has 0 bridgehead atoms. The zero-order valence-electron chi connectivity index (χ0n) is 17.2. The van der Waals surface area contributed by atoms with Crippen LogP contribution in [0.2, 0.25) is 0 Å². The lowest BCUT2D eigenvalue weighted by Crippen LogP contribution is -2.53. The molecule has 1 aliphatic heterocycles. The van der Waals surface area contributed by atoms with Crippen molar-refractivity contribution in [2.45, 2.75) is 24.1 Å². The van der Waals surface area contributed by atoms with Crippen molar-refractivity contribution in [1.82, 2.24) is 4.98 Å². The number of aliphatic imine (C=N–C) groups is 1. The standard InChI is InChI=1S/C20H24F2N4O4S/c1-19(2)18(23)26-20(10-21,11-31(19,28)29)14-8-12(4-6-15(14)22)25-17(27)16-7-5-13(30-3)9-24-16/h4-9,28-29H,10-11H2,1-3H3,(H2,23,26)(H,25,27)/t20-/m1/s1. The lowest BCUT2D eigenvalue weighted by atomic mass is 9.92. The summed E-state index contributed by atoms with van der Waals surface area (Å²) in [5.74, 6) is -1.65. The molecule has 2 heterocycles. The maximum atomic E-state index is 14.7. The smallest absolute Gasteiger partial charge is 0.274 e. The van der Waals surface area contributed by atoms with Gasteiger partial charge in [0.15, 0.2) is 0 Å². The Morgan fingerprint density at radius 3 is 2.58 bits per heavy atom. The number of ether oxygens (including phenoxy) is 1. The van der Waals surface area contributed by atoms with E-state index in [9.17, 15) is 22.7 Å². The Labute approximate surface area is 179 Å². The highest BCUT2D eigenvalue weighted by Gasteiger charge is 2.51. The molecule has 0 fully saturated rings. The third-order valence-electron chi connectivity index (χ3n) is 5.36. The van der Waals surface area contributed by atoms with E-state index in [2.05, 4.69) is 15.3 Å². The Morgan fingerprint density at radius 1 is 1.32 bits per heavy atom. The van der Waals surface area contributed by atoms with E-state index in [1.807, 2.05) is 0 Å². The zero-order chi connectivity index (χ0) is 23.0. The molecule has 0 unspecified atom stereocenters. The summed E-state index contributed by atoms with van der Waals surface area (Å²) in [5, 5.41) is 2.56. The van der Waals surface area contributed by atoms with E-state index >= 15 is 0 Å². The third-order valence-corrected chi connectivity index (χ3v) is 8.08. The lowest BCUT2D eigenvalue weighted by Gasteiger charge is -2.53. The summed E-state index contributed by atoms with van der Waals surface area (Å²) in [7, 11) is -1.99. The minimum atomic E-state index is -3.45. The number of nitrogens with zero attached hydrogens (tertiary/aromatic N) is 2. The van der Waals surface area contributed by atoms with Crippen LogP contribution in [-0.2, 0) is 5.54 Å². The fourth-order valence-corrected chi connectivity index (χ4v) is 4.85. The van der Waals surface area contributed by atoms with Crippen LogP contribution < -0.4 is 15.8 Å². The molecule has 31 heavy (non-hydrogen) atoms. The number of hydrogen-bond acceptors (Lipinski definition) is 7. The van der Waals surface area contributed by atoms with E-state index in [0.29, 0.717) is 5.75 Å². The predicted octanol–water partition coefficient (Wildman–Crippen LogP) is 3.55. The SMILES string of the molecule is COc1ccc(C(=O)Nc2ccc(F)c([C@@]3(CF)CS(O)(O)C(C)(C)C(N)=N3)c2)nc1. The average Bonchev–Trinajstić information content (AvgIpc) is 2.73. The van der Waals surface area contributed by atoms with Gasteiger partial charge in [0, 0.05) is 11.3 Å². The number of amides is 1. The van der Waals surface area contributed by atoms with Crippen molar-refractivity contribution in [1.29, 1.82) is 0 Å². The molecule has 1 atom stereocenters. The van der Waals surface area contributed by atoms with Crippen molar-refractivity contribution in [2.75, 3.05) is 24.9 Å². The number of nitrogens with two attached hydrogens (primary N) is 1. The Bertz CT molecular complexity index is 1030. The minimum Gasteiger partial charge on any atom is -0.495 e. The molecule has 168 valence electrons. The average molecular weight is 454 g/mol. The van der Waals surface area contributed by atoms with Gasteiger partial charge in [0.2, 0.25) is 0 Å². The van der Waals surface area contributed by atoms with Crippen LogP contribution in [0.15, 0.2) is 41.5 Å². The Kier molecular flexibility index (Phi) is 5.96. The molecule has 0 aliphatic carbocycles. The van der Waals surface area contributed by atoms with Gasteiger partial charge in [-0.2, -0.15) is 10.6 Å². The van der Waals surface area contributed by atoms with Crippen molar-refractivity contribution in [3.63, 3.8) is 0 Å². The number of amidine groups is 1. The predicted molar refractivity (Wildman–Crippen MR) is 116 cm³/mol. The summed E-state index contributed by atoms with van der Waals surface area (Å²) in [6.07, 6.45) is 1.37. The maximum absolute atomic E-state index is 14.7. The number of aromatic nitrogens is 1. The molecule has 3 rings (SSSR count). The first kappa shape index (κ1) is 22.9. The molecule has 11 heteroatoms. The summed E-state index contributed by atoms with van der Waals surface area (Å²) in [4.78, 5) is 20.6. The van der Waals surface area contributed by atoms with Gasteiger partial charge >= 0.3 is 0 Å². The van der Waals surface area contributed by atoms with Gasteiger partial charge in [-0.15, -0.1) is 0 Å². The van der Waals surface area contributed by atoms with Crippen LogP contribution in [0, 0.1) is 5.82 Å². The molecule has 5 N–H and O–H groups in total. The molecule has 2 aromatic rings. The number of nitrogens with one attached hydrogen (secondary N) is 1. The van der Waals surface area contributed by atoms with Crippen LogP contribution in [0.5, 0.6) is 5.75 Å². The molecule has 8 nitrogen and oxygen atoms in total. The summed E-state index contributed by atoms with van der Waals surface area (Å²) in [6.45, 7) is 1.75. The van der Waals surface area contributed by atoms with Gasteiger partial charge in [-0.1, -0.05) is 0 Å². The van der Waals surface area contributed by atoms with Crippen LogP contribution >= 0.6 is 10.6 Å². The first-order valence-corrected chi connectivity index (χ1v) is 11.0. The van der Waals surface area contributed by atoms with E-state index in [0.717, 1.165) is 6.07 Å². The minimum absolute atomic E-state index is 0.0859. The van der Waals surface area contributed by atoms with Gasteiger partial charge in [-0.25, -0.2) is 13.8 Å². The number of pyridine rings is 1. The molecule has 1 aromatic heterocycles. The number of anilines is 1.